The Kier molecular flexibility index (Phi) is 9.49. The van der Waals surface area contributed by atoms with E-state index in [1.807, 2.05) is 33.8 Å². The van der Waals surface area contributed by atoms with Gasteiger partial charge in [0.15, 0.2) is 0 Å². The molecule has 3 aromatic carbocycles. The maximum atomic E-state index is 14.1. The number of halogens is 2. The second kappa shape index (κ2) is 12.4. The fourth-order valence-corrected chi connectivity index (χ4v) is 4.76. The summed E-state index contributed by atoms with van der Waals surface area (Å²) < 4.78 is 34.8. The zero-order chi connectivity index (χ0) is 26.4. The minimum atomic E-state index is -0.291. The van der Waals surface area contributed by atoms with Crippen molar-refractivity contribution in [2.75, 3.05) is 0 Å². The lowest BCUT2D eigenvalue weighted by molar-refractivity contribution is 0.148. The number of aromatic amines is 1. The van der Waals surface area contributed by atoms with Gasteiger partial charge in [0.2, 0.25) is 0 Å². The fourth-order valence-electron chi connectivity index (χ4n) is 4.76. The van der Waals surface area contributed by atoms with Gasteiger partial charge in [-0.2, -0.15) is 0 Å². The Morgan fingerprint density at radius 1 is 0.861 bits per heavy atom. The smallest absolute Gasteiger partial charge is 0.147 e. The first-order chi connectivity index (χ1) is 17.3. The van der Waals surface area contributed by atoms with Crippen molar-refractivity contribution in [1.29, 1.82) is 0 Å². The van der Waals surface area contributed by atoms with E-state index < -0.39 is 0 Å². The van der Waals surface area contributed by atoms with Crippen LogP contribution in [0.1, 0.15) is 70.9 Å². The third-order valence-corrected chi connectivity index (χ3v) is 6.55. The summed E-state index contributed by atoms with van der Waals surface area (Å²) in [7, 11) is 0. The van der Waals surface area contributed by atoms with Crippen LogP contribution in [0.15, 0.2) is 42.5 Å². The van der Waals surface area contributed by atoms with Crippen molar-refractivity contribution >= 4 is 21.8 Å². The highest BCUT2D eigenvalue weighted by Gasteiger charge is 2.24. The fraction of sp³-hybridized carbons (Fsp3) is 0.419. The van der Waals surface area contributed by atoms with E-state index >= 15 is 0 Å². The molecular weight excluding hydrogens is 454 g/mol. The van der Waals surface area contributed by atoms with Crippen LogP contribution in [0.25, 0.3) is 32.9 Å². The summed E-state index contributed by atoms with van der Waals surface area (Å²) in [5.74, 6) is 0.184. The summed E-state index contributed by atoms with van der Waals surface area (Å²) in [4.78, 5) is 3.43. The van der Waals surface area contributed by atoms with E-state index in [1.165, 1.54) is 24.6 Å². The average molecular weight is 495 g/mol. The average Bonchev–Trinajstić information content (AvgIpc) is 3.23. The van der Waals surface area contributed by atoms with Gasteiger partial charge in [0.05, 0.1) is 11.6 Å². The summed E-state index contributed by atoms with van der Waals surface area (Å²) >= 11 is 0. The molecule has 0 atom stereocenters. The molecule has 0 amide bonds. The molecule has 1 heterocycles. The van der Waals surface area contributed by atoms with Gasteiger partial charge < -0.3 is 15.5 Å². The van der Waals surface area contributed by atoms with Crippen LogP contribution in [0.3, 0.4) is 0 Å². The third kappa shape index (κ3) is 5.89. The van der Waals surface area contributed by atoms with Crippen molar-refractivity contribution in [2.45, 2.75) is 85.8 Å². The SMILES string of the molecule is CC.CCC.Cc1ccc(F)cc1-c1cc2c([nH]c3ccc(F)cc32)c(OC2CCC(N)CC2)c1C. The molecule has 0 spiro atoms. The molecule has 3 N–H and O–H groups in total. The Morgan fingerprint density at radius 3 is 2.14 bits per heavy atom. The molecule has 1 fully saturated rings. The molecule has 3 nitrogen and oxygen atoms in total. The molecule has 1 aliphatic carbocycles. The van der Waals surface area contributed by atoms with Crippen molar-refractivity contribution in [3.63, 3.8) is 0 Å². The van der Waals surface area contributed by atoms with E-state index in [0.29, 0.717) is 0 Å². The van der Waals surface area contributed by atoms with Crippen molar-refractivity contribution in [3.05, 3.63) is 65.2 Å². The molecule has 5 heteroatoms. The van der Waals surface area contributed by atoms with Crippen LogP contribution in [0, 0.1) is 25.5 Å². The Balaban J connectivity index is 0.000000674. The molecule has 1 aliphatic rings. The highest BCUT2D eigenvalue weighted by molar-refractivity contribution is 6.11. The molecule has 0 bridgehead atoms. The molecule has 0 unspecified atom stereocenters. The van der Waals surface area contributed by atoms with Gasteiger partial charge in [-0.05, 0) is 92.6 Å². The standard InChI is InChI=1S/C26H26F2N2O.C3H8.C2H6/c1-14-3-4-16(27)11-20(14)21-13-23-22-12-17(28)5-10-24(22)30-25(23)26(15(21)2)31-19-8-6-18(29)7-9-19;1-3-2;1-2/h3-5,10-13,18-19,30H,6-9,29H2,1-2H3;3H2,1-2H3;1-2H3. The maximum absolute atomic E-state index is 14.1. The number of hydrogen-bond acceptors (Lipinski definition) is 2. The van der Waals surface area contributed by atoms with Crippen LogP contribution in [0.2, 0.25) is 0 Å². The van der Waals surface area contributed by atoms with Crippen LogP contribution in [0.5, 0.6) is 5.75 Å². The second-order valence-electron chi connectivity index (χ2n) is 9.44. The Hall–Kier alpha value is -2.92. The van der Waals surface area contributed by atoms with Gasteiger partial charge in [0.1, 0.15) is 17.4 Å². The van der Waals surface area contributed by atoms with Crippen LogP contribution < -0.4 is 10.5 Å². The first-order valence-corrected chi connectivity index (χ1v) is 13.3. The summed E-state index contributed by atoms with van der Waals surface area (Å²) in [6.45, 7) is 12.2. The van der Waals surface area contributed by atoms with Gasteiger partial charge in [0, 0.05) is 27.9 Å². The number of ether oxygens (including phenoxy) is 1. The van der Waals surface area contributed by atoms with Crippen LogP contribution in [-0.2, 0) is 0 Å². The largest absolute Gasteiger partial charge is 0.488 e. The number of nitrogens with two attached hydrogens (primary N) is 1. The lowest BCUT2D eigenvalue weighted by Crippen LogP contribution is -2.31. The lowest BCUT2D eigenvalue weighted by atomic mass is 9.92. The van der Waals surface area contributed by atoms with E-state index in [2.05, 4.69) is 18.8 Å². The predicted molar refractivity (Wildman–Crippen MR) is 149 cm³/mol. The normalized spacial score (nSPS) is 17.2. The molecule has 4 aromatic rings. The van der Waals surface area contributed by atoms with Crippen molar-refractivity contribution in [1.82, 2.24) is 4.98 Å². The van der Waals surface area contributed by atoms with E-state index in [-0.39, 0.29) is 23.8 Å². The first kappa shape index (κ1) is 27.7. The van der Waals surface area contributed by atoms with Crippen molar-refractivity contribution in [2.24, 2.45) is 5.73 Å². The zero-order valence-corrected chi connectivity index (χ0v) is 22.5. The Labute approximate surface area is 214 Å². The molecule has 0 saturated heterocycles. The van der Waals surface area contributed by atoms with E-state index in [9.17, 15) is 8.78 Å². The van der Waals surface area contributed by atoms with Gasteiger partial charge in [-0.15, -0.1) is 0 Å². The minimum Gasteiger partial charge on any atom is -0.488 e. The van der Waals surface area contributed by atoms with Gasteiger partial charge in [-0.3, -0.25) is 0 Å². The van der Waals surface area contributed by atoms with Gasteiger partial charge in [0.25, 0.3) is 0 Å². The van der Waals surface area contributed by atoms with Crippen LogP contribution >= 0.6 is 0 Å². The molecule has 36 heavy (non-hydrogen) atoms. The number of H-pyrrole nitrogens is 1. The topological polar surface area (TPSA) is 51.0 Å². The van der Waals surface area contributed by atoms with Gasteiger partial charge in [-0.1, -0.05) is 40.2 Å². The molecule has 1 saturated carbocycles. The second-order valence-corrected chi connectivity index (χ2v) is 9.44. The zero-order valence-electron chi connectivity index (χ0n) is 22.5. The maximum Gasteiger partial charge on any atom is 0.147 e. The van der Waals surface area contributed by atoms with E-state index in [1.54, 1.807) is 18.2 Å². The highest BCUT2D eigenvalue weighted by atomic mass is 19.1. The number of nitrogens with one attached hydrogen (secondary N) is 1. The van der Waals surface area contributed by atoms with Gasteiger partial charge in [-0.25, -0.2) is 8.78 Å². The molecule has 194 valence electrons. The lowest BCUT2D eigenvalue weighted by Gasteiger charge is -2.28. The van der Waals surface area contributed by atoms with Gasteiger partial charge >= 0.3 is 0 Å². The first-order valence-electron chi connectivity index (χ1n) is 13.3. The molecule has 0 aliphatic heterocycles. The molecule has 5 rings (SSSR count). The number of aryl methyl sites for hydroxylation is 1. The van der Waals surface area contributed by atoms with E-state index in [4.69, 9.17) is 10.5 Å². The summed E-state index contributed by atoms with van der Waals surface area (Å²) in [6.07, 6.45) is 5.01. The number of aromatic nitrogens is 1. The molecule has 1 aromatic heterocycles. The predicted octanol–water partition coefficient (Wildman–Crippen LogP) is 8.97. The quantitative estimate of drug-likeness (QED) is 0.299. The monoisotopic (exact) mass is 494 g/mol. The van der Waals surface area contributed by atoms with Crippen molar-refractivity contribution < 1.29 is 13.5 Å². The van der Waals surface area contributed by atoms with E-state index in [0.717, 1.165) is 75.5 Å². The number of hydrogen-bond donors (Lipinski definition) is 2. The third-order valence-electron chi connectivity index (χ3n) is 6.55. The minimum absolute atomic E-state index is 0.0775. The summed E-state index contributed by atoms with van der Waals surface area (Å²) in [5, 5.41) is 1.67. The summed E-state index contributed by atoms with van der Waals surface area (Å²) in [5.41, 5.74) is 11.4. The molecular formula is C31H40F2N2O. The van der Waals surface area contributed by atoms with Crippen LogP contribution in [0.4, 0.5) is 8.78 Å². The Morgan fingerprint density at radius 2 is 1.47 bits per heavy atom. The van der Waals surface area contributed by atoms with Crippen LogP contribution in [-0.4, -0.2) is 17.1 Å². The summed E-state index contributed by atoms with van der Waals surface area (Å²) in [6, 6.07) is 11.8. The highest BCUT2D eigenvalue weighted by Crippen LogP contribution is 2.42. The Bertz CT molecular complexity index is 1300. The number of benzene rings is 3. The number of rotatable bonds is 3. The number of fused-ring (bicyclic) bond motifs is 3. The van der Waals surface area contributed by atoms with Crippen molar-refractivity contribution in [3.8, 4) is 16.9 Å². The molecule has 0 radical (unpaired) electrons.